The minimum Gasteiger partial charge on any atom is -0.454 e. The van der Waals surface area contributed by atoms with E-state index in [1.807, 2.05) is 23.6 Å². The number of carbonyl (C=O) groups is 1. The van der Waals surface area contributed by atoms with Gasteiger partial charge in [0.25, 0.3) is 5.91 Å². The highest BCUT2D eigenvalue weighted by atomic mass is 32.1. The van der Waals surface area contributed by atoms with Crippen molar-refractivity contribution in [3.63, 3.8) is 0 Å². The first-order valence-electron chi connectivity index (χ1n) is 9.09. The molecule has 0 radical (unpaired) electrons. The molecule has 1 aliphatic carbocycles. The number of hydrogen-bond donors (Lipinski definition) is 1. The van der Waals surface area contributed by atoms with Gasteiger partial charge in [0.15, 0.2) is 11.5 Å². The maximum atomic E-state index is 12.6. The first kappa shape index (κ1) is 16.1. The first-order chi connectivity index (χ1) is 12.7. The summed E-state index contributed by atoms with van der Waals surface area (Å²) in [5, 5.41) is 5.80. The zero-order valence-electron chi connectivity index (χ0n) is 14.6. The Morgan fingerprint density at radius 2 is 2.15 bits per heavy atom. The smallest absolute Gasteiger partial charge is 0.271 e. The number of aromatic nitrogens is 1. The second-order valence-corrected chi connectivity index (χ2v) is 8.15. The van der Waals surface area contributed by atoms with Crippen LogP contribution >= 0.6 is 11.3 Å². The van der Waals surface area contributed by atoms with Crippen LogP contribution in [-0.2, 0) is 0 Å². The van der Waals surface area contributed by atoms with Crippen molar-refractivity contribution in [1.82, 2.24) is 15.2 Å². The summed E-state index contributed by atoms with van der Waals surface area (Å²) in [7, 11) is 0. The average Bonchev–Trinajstić information content (AvgIpc) is 3.05. The van der Waals surface area contributed by atoms with E-state index in [1.54, 1.807) is 0 Å². The van der Waals surface area contributed by atoms with Crippen molar-refractivity contribution in [2.45, 2.75) is 44.3 Å². The molecular formula is C19H21N3O3S. The van der Waals surface area contributed by atoms with Crippen molar-refractivity contribution < 1.29 is 14.3 Å². The standard InChI is InChI=1S/C19H21N3O3S/c1-11-6-13(8-22(11)14-3-4-14)20-18(23)15-9-26-19(21-15)12-2-5-16-17(7-12)25-10-24-16/h2,5,7,9,11,13-14H,3-4,6,8,10H2,1H3,(H,20,23). The van der Waals surface area contributed by atoms with Crippen LogP contribution in [0.1, 0.15) is 36.7 Å². The van der Waals surface area contributed by atoms with E-state index in [-0.39, 0.29) is 18.7 Å². The summed E-state index contributed by atoms with van der Waals surface area (Å²) in [5.41, 5.74) is 1.42. The second kappa shape index (κ2) is 6.25. The van der Waals surface area contributed by atoms with E-state index < -0.39 is 0 Å². The van der Waals surface area contributed by atoms with Gasteiger partial charge < -0.3 is 14.8 Å². The Morgan fingerprint density at radius 1 is 1.31 bits per heavy atom. The average molecular weight is 371 g/mol. The molecule has 5 rings (SSSR count). The maximum Gasteiger partial charge on any atom is 0.271 e. The Kier molecular flexibility index (Phi) is 3.86. The maximum absolute atomic E-state index is 12.6. The Balaban J connectivity index is 1.27. The molecule has 0 spiro atoms. The number of thiazole rings is 1. The lowest BCUT2D eigenvalue weighted by Crippen LogP contribution is -2.37. The molecule has 1 amide bonds. The van der Waals surface area contributed by atoms with Gasteiger partial charge in [0.05, 0.1) is 0 Å². The van der Waals surface area contributed by atoms with Gasteiger partial charge in [0, 0.05) is 35.6 Å². The third-order valence-electron chi connectivity index (χ3n) is 5.33. The molecule has 2 aromatic rings. The third kappa shape index (κ3) is 2.95. The first-order valence-corrected chi connectivity index (χ1v) is 9.97. The highest BCUT2D eigenvalue weighted by molar-refractivity contribution is 7.13. The van der Waals surface area contributed by atoms with Crippen LogP contribution in [0.3, 0.4) is 0 Å². The number of hydrogen-bond acceptors (Lipinski definition) is 6. The summed E-state index contributed by atoms with van der Waals surface area (Å²) in [5.74, 6) is 1.39. The number of amides is 1. The van der Waals surface area contributed by atoms with E-state index in [4.69, 9.17) is 9.47 Å². The summed E-state index contributed by atoms with van der Waals surface area (Å²) in [6.07, 6.45) is 3.62. The third-order valence-corrected chi connectivity index (χ3v) is 6.22. The number of rotatable bonds is 4. The van der Waals surface area contributed by atoms with Crippen LogP contribution in [0.4, 0.5) is 0 Å². The molecule has 2 fully saturated rings. The van der Waals surface area contributed by atoms with Gasteiger partial charge in [-0.1, -0.05) is 0 Å². The molecule has 2 unspecified atom stereocenters. The molecule has 136 valence electrons. The van der Waals surface area contributed by atoms with Crippen LogP contribution in [0.25, 0.3) is 10.6 Å². The van der Waals surface area contributed by atoms with Crippen LogP contribution in [0.2, 0.25) is 0 Å². The number of nitrogens with zero attached hydrogens (tertiary/aromatic N) is 2. The molecule has 26 heavy (non-hydrogen) atoms. The van der Waals surface area contributed by atoms with Crippen LogP contribution < -0.4 is 14.8 Å². The van der Waals surface area contributed by atoms with E-state index in [9.17, 15) is 4.79 Å². The van der Waals surface area contributed by atoms with E-state index in [1.165, 1.54) is 24.2 Å². The molecule has 1 aromatic heterocycles. The molecule has 1 aromatic carbocycles. The quantitative estimate of drug-likeness (QED) is 0.895. The highest BCUT2D eigenvalue weighted by Gasteiger charge is 2.39. The minimum absolute atomic E-state index is 0.0805. The molecule has 0 bridgehead atoms. The monoisotopic (exact) mass is 371 g/mol. The van der Waals surface area contributed by atoms with Crippen LogP contribution in [0.5, 0.6) is 11.5 Å². The topological polar surface area (TPSA) is 63.7 Å². The Bertz CT molecular complexity index is 848. The predicted octanol–water partition coefficient (Wildman–Crippen LogP) is 2.89. The van der Waals surface area contributed by atoms with Gasteiger partial charge in [-0.15, -0.1) is 11.3 Å². The number of fused-ring (bicyclic) bond motifs is 1. The Labute approximate surface area is 156 Å². The zero-order valence-corrected chi connectivity index (χ0v) is 15.4. The highest BCUT2D eigenvalue weighted by Crippen LogP contribution is 2.37. The molecule has 3 aliphatic rings. The molecule has 3 heterocycles. The number of likely N-dealkylation sites (tertiary alicyclic amines) is 1. The lowest BCUT2D eigenvalue weighted by Gasteiger charge is -2.19. The van der Waals surface area contributed by atoms with Crippen molar-refractivity contribution in [3.05, 3.63) is 29.3 Å². The van der Waals surface area contributed by atoms with Gasteiger partial charge in [-0.05, 0) is 44.4 Å². The van der Waals surface area contributed by atoms with Crippen molar-refractivity contribution in [3.8, 4) is 22.1 Å². The summed E-state index contributed by atoms with van der Waals surface area (Å²) < 4.78 is 10.8. The minimum atomic E-state index is -0.0805. The van der Waals surface area contributed by atoms with E-state index in [0.717, 1.165) is 41.1 Å². The zero-order chi connectivity index (χ0) is 17.7. The fourth-order valence-corrected chi connectivity index (χ4v) is 4.67. The number of benzene rings is 1. The Hall–Kier alpha value is -2.12. The normalized spacial score (nSPS) is 24.8. The van der Waals surface area contributed by atoms with Gasteiger partial charge in [0.2, 0.25) is 6.79 Å². The van der Waals surface area contributed by atoms with E-state index in [2.05, 4.69) is 22.1 Å². The molecular weight excluding hydrogens is 350 g/mol. The largest absolute Gasteiger partial charge is 0.454 e. The predicted molar refractivity (Wildman–Crippen MR) is 98.7 cm³/mol. The number of ether oxygens (including phenoxy) is 2. The fourth-order valence-electron chi connectivity index (χ4n) is 3.88. The van der Waals surface area contributed by atoms with E-state index in [0.29, 0.717) is 11.7 Å². The fraction of sp³-hybridized carbons (Fsp3) is 0.474. The summed E-state index contributed by atoms with van der Waals surface area (Å²) in [4.78, 5) is 19.7. The SMILES string of the molecule is CC1CC(NC(=O)c2csc(-c3ccc4c(c3)OCO4)n2)CN1C1CC1. The van der Waals surface area contributed by atoms with Crippen molar-refractivity contribution in [2.75, 3.05) is 13.3 Å². The van der Waals surface area contributed by atoms with Crippen molar-refractivity contribution in [2.24, 2.45) is 0 Å². The molecule has 1 N–H and O–H groups in total. The van der Waals surface area contributed by atoms with Gasteiger partial charge in [-0.3, -0.25) is 9.69 Å². The van der Waals surface area contributed by atoms with Gasteiger partial charge >= 0.3 is 0 Å². The van der Waals surface area contributed by atoms with Crippen LogP contribution in [0, 0.1) is 0 Å². The summed E-state index contributed by atoms with van der Waals surface area (Å²) in [6.45, 7) is 3.46. The lowest BCUT2D eigenvalue weighted by molar-refractivity contribution is 0.0933. The molecule has 2 aliphatic heterocycles. The number of carbonyl (C=O) groups excluding carboxylic acids is 1. The van der Waals surface area contributed by atoms with Crippen molar-refractivity contribution >= 4 is 17.2 Å². The second-order valence-electron chi connectivity index (χ2n) is 7.29. The molecule has 7 heteroatoms. The van der Waals surface area contributed by atoms with Gasteiger partial charge in [-0.2, -0.15) is 0 Å². The number of nitrogens with one attached hydrogen (secondary N) is 1. The van der Waals surface area contributed by atoms with Crippen molar-refractivity contribution in [1.29, 1.82) is 0 Å². The lowest BCUT2D eigenvalue weighted by atomic mass is 10.2. The van der Waals surface area contributed by atoms with E-state index >= 15 is 0 Å². The van der Waals surface area contributed by atoms with Gasteiger partial charge in [-0.25, -0.2) is 4.98 Å². The molecule has 1 saturated heterocycles. The molecule has 1 saturated carbocycles. The molecule has 2 atom stereocenters. The summed E-state index contributed by atoms with van der Waals surface area (Å²) >= 11 is 1.47. The van der Waals surface area contributed by atoms with Crippen LogP contribution in [0.15, 0.2) is 23.6 Å². The summed E-state index contributed by atoms with van der Waals surface area (Å²) in [6, 6.07) is 7.24. The van der Waals surface area contributed by atoms with Gasteiger partial charge in [0.1, 0.15) is 10.7 Å². The van der Waals surface area contributed by atoms with Crippen LogP contribution in [-0.4, -0.2) is 47.3 Å². The molecule has 6 nitrogen and oxygen atoms in total. The Morgan fingerprint density at radius 3 is 3.00 bits per heavy atom.